The summed E-state index contributed by atoms with van der Waals surface area (Å²) in [5.41, 5.74) is 5.97. The zero-order valence-electron chi connectivity index (χ0n) is 10.6. The second-order valence-electron chi connectivity index (χ2n) is 4.50. The van der Waals surface area contributed by atoms with Crippen molar-refractivity contribution < 1.29 is 4.74 Å². The number of ether oxygens (including phenoxy) is 1. The summed E-state index contributed by atoms with van der Waals surface area (Å²) in [6, 6.07) is 8.64. The summed E-state index contributed by atoms with van der Waals surface area (Å²) in [5.74, 6) is 0. The Labute approximate surface area is 103 Å². The highest BCUT2D eigenvalue weighted by Gasteiger charge is 2.08. The van der Waals surface area contributed by atoms with Crippen molar-refractivity contribution in [2.45, 2.75) is 6.54 Å². The number of nitrogens with zero attached hydrogens (tertiary/aromatic N) is 2. The van der Waals surface area contributed by atoms with Gasteiger partial charge in [0.15, 0.2) is 0 Å². The summed E-state index contributed by atoms with van der Waals surface area (Å²) in [6.07, 6.45) is 0. The van der Waals surface area contributed by atoms with Crippen molar-refractivity contribution in [1.29, 1.82) is 0 Å². The minimum atomic E-state index is 0.826. The molecule has 1 aliphatic rings. The minimum Gasteiger partial charge on any atom is -0.379 e. The first-order chi connectivity index (χ1) is 8.25. The zero-order chi connectivity index (χ0) is 12.1. The molecule has 1 fully saturated rings. The lowest BCUT2D eigenvalue weighted by Gasteiger charge is -2.27. The van der Waals surface area contributed by atoms with E-state index in [1.54, 1.807) is 0 Å². The Morgan fingerprint density at radius 1 is 1.18 bits per heavy atom. The van der Waals surface area contributed by atoms with Gasteiger partial charge in [-0.1, -0.05) is 12.1 Å². The van der Waals surface area contributed by atoms with Gasteiger partial charge in [0.1, 0.15) is 0 Å². The van der Waals surface area contributed by atoms with Gasteiger partial charge in [0.25, 0.3) is 0 Å². The number of hydrazine groups is 1. The van der Waals surface area contributed by atoms with Gasteiger partial charge in [-0.05, 0) is 17.7 Å². The van der Waals surface area contributed by atoms with Gasteiger partial charge in [0, 0.05) is 39.4 Å². The van der Waals surface area contributed by atoms with Crippen LogP contribution in [0.4, 0.5) is 5.69 Å². The van der Waals surface area contributed by atoms with E-state index in [-0.39, 0.29) is 0 Å². The molecule has 0 saturated carbocycles. The lowest BCUT2D eigenvalue weighted by atomic mass is 10.2. The van der Waals surface area contributed by atoms with E-state index in [9.17, 15) is 0 Å². The molecule has 0 amide bonds. The molecule has 0 unspecified atom stereocenters. The first kappa shape index (κ1) is 12.4. The molecule has 0 atom stereocenters. The van der Waals surface area contributed by atoms with Gasteiger partial charge >= 0.3 is 0 Å². The van der Waals surface area contributed by atoms with Gasteiger partial charge < -0.3 is 9.64 Å². The minimum absolute atomic E-state index is 0.826. The number of morpholine rings is 1. The van der Waals surface area contributed by atoms with Crippen LogP contribution in [0.5, 0.6) is 0 Å². The first-order valence-electron chi connectivity index (χ1n) is 6.08. The molecular formula is C13H21N3O. The van der Waals surface area contributed by atoms with Gasteiger partial charge in [-0.2, -0.15) is 0 Å². The number of rotatable bonds is 4. The summed E-state index contributed by atoms with van der Waals surface area (Å²) >= 11 is 0. The van der Waals surface area contributed by atoms with Crippen LogP contribution in [0.25, 0.3) is 0 Å². The highest BCUT2D eigenvalue weighted by molar-refractivity contribution is 5.45. The van der Waals surface area contributed by atoms with E-state index in [1.165, 1.54) is 11.3 Å². The second-order valence-corrected chi connectivity index (χ2v) is 4.50. The predicted molar refractivity (Wildman–Crippen MR) is 70.0 cm³/mol. The maximum atomic E-state index is 5.31. The quantitative estimate of drug-likeness (QED) is 0.845. The summed E-state index contributed by atoms with van der Waals surface area (Å²) < 4.78 is 5.31. The third kappa shape index (κ3) is 3.70. The maximum Gasteiger partial charge on any atom is 0.0608 e. The van der Waals surface area contributed by atoms with Gasteiger partial charge in [0.05, 0.1) is 13.2 Å². The molecule has 1 heterocycles. The molecule has 0 aromatic heterocycles. The van der Waals surface area contributed by atoms with E-state index in [2.05, 4.69) is 53.7 Å². The molecule has 0 bridgehead atoms. The molecule has 94 valence electrons. The molecule has 4 heteroatoms. The average molecular weight is 235 g/mol. The van der Waals surface area contributed by atoms with Crippen LogP contribution in [0.3, 0.4) is 0 Å². The van der Waals surface area contributed by atoms with Crippen molar-refractivity contribution in [3.05, 3.63) is 29.8 Å². The molecule has 4 nitrogen and oxygen atoms in total. The monoisotopic (exact) mass is 235 g/mol. The Balaban J connectivity index is 1.82. The van der Waals surface area contributed by atoms with Gasteiger partial charge in [-0.25, -0.2) is 5.01 Å². The standard InChI is InChI=1S/C13H21N3O/c1-15(2)13-5-3-12(4-6-13)11-14-16-7-9-17-10-8-16/h3-6,14H,7-11H2,1-2H3. The van der Waals surface area contributed by atoms with Crippen molar-refractivity contribution >= 4 is 5.69 Å². The molecule has 1 aromatic carbocycles. The number of benzene rings is 1. The molecule has 0 spiro atoms. The van der Waals surface area contributed by atoms with Gasteiger partial charge in [0.2, 0.25) is 0 Å². The van der Waals surface area contributed by atoms with Crippen LogP contribution in [0, 0.1) is 0 Å². The Hall–Kier alpha value is -1.10. The maximum absolute atomic E-state index is 5.31. The fourth-order valence-corrected chi connectivity index (χ4v) is 1.84. The normalized spacial score (nSPS) is 17.1. The SMILES string of the molecule is CN(C)c1ccc(CNN2CCOCC2)cc1. The van der Waals surface area contributed by atoms with E-state index in [4.69, 9.17) is 4.74 Å². The van der Waals surface area contributed by atoms with Crippen LogP contribution in [-0.4, -0.2) is 45.4 Å². The van der Waals surface area contributed by atoms with E-state index >= 15 is 0 Å². The van der Waals surface area contributed by atoms with Crippen molar-refractivity contribution in [1.82, 2.24) is 10.4 Å². The van der Waals surface area contributed by atoms with E-state index < -0.39 is 0 Å². The number of nitrogens with one attached hydrogen (secondary N) is 1. The van der Waals surface area contributed by atoms with Gasteiger partial charge in [-0.3, -0.25) is 5.43 Å². The van der Waals surface area contributed by atoms with Crippen LogP contribution in [0.2, 0.25) is 0 Å². The number of anilines is 1. The van der Waals surface area contributed by atoms with Crippen molar-refractivity contribution in [2.24, 2.45) is 0 Å². The fourth-order valence-electron chi connectivity index (χ4n) is 1.84. The molecule has 2 rings (SSSR count). The largest absolute Gasteiger partial charge is 0.379 e. The van der Waals surface area contributed by atoms with Crippen LogP contribution in [0.15, 0.2) is 24.3 Å². The van der Waals surface area contributed by atoms with E-state index in [0.29, 0.717) is 0 Å². The summed E-state index contributed by atoms with van der Waals surface area (Å²) in [6.45, 7) is 4.47. The van der Waals surface area contributed by atoms with Crippen molar-refractivity contribution in [3.8, 4) is 0 Å². The van der Waals surface area contributed by atoms with E-state index in [0.717, 1.165) is 32.8 Å². The average Bonchev–Trinajstić information content (AvgIpc) is 2.38. The van der Waals surface area contributed by atoms with Crippen LogP contribution >= 0.6 is 0 Å². The molecule has 0 radical (unpaired) electrons. The lowest BCUT2D eigenvalue weighted by molar-refractivity contribution is 0.0106. The lowest BCUT2D eigenvalue weighted by Crippen LogP contribution is -2.45. The summed E-state index contributed by atoms with van der Waals surface area (Å²) in [5, 5.41) is 2.23. The fraction of sp³-hybridized carbons (Fsp3) is 0.538. The predicted octanol–water partition coefficient (Wildman–Crippen LogP) is 1.09. The second kappa shape index (κ2) is 6.00. The Bertz CT molecular complexity index is 331. The molecule has 1 N–H and O–H groups in total. The molecule has 1 saturated heterocycles. The first-order valence-corrected chi connectivity index (χ1v) is 6.08. The van der Waals surface area contributed by atoms with Crippen LogP contribution in [0.1, 0.15) is 5.56 Å². The summed E-state index contributed by atoms with van der Waals surface area (Å²) in [4.78, 5) is 2.11. The van der Waals surface area contributed by atoms with Crippen molar-refractivity contribution in [2.75, 3.05) is 45.3 Å². The van der Waals surface area contributed by atoms with Crippen LogP contribution in [-0.2, 0) is 11.3 Å². The topological polar surface area (TPSA) is 27.7 Å². The Morgan fingerprint density at radius 3 is 2.41 bits per heavy atom. The third-order valence-electron chi connectivity index (χ3n) is 2.97. The number of hydrogen-bond acceptors (Lipinski definition) is 4. The third-order valence-corrected chi connectivity index (χ3v) is 2.97. The zero-order valence-corrected chi connectivity index (χ0v) is 10.6. The molecule has 0 aliphatic carbocycles. The molecule has 17 heavy (non-hydrogen) atoms. The van der Waals surface area contributed by atoms with Crippen molar-refractivity contribution in [3.63, 3.8) is 0 Å². The van der Waals surface area contributed by atoms with Gasteiger partial charge in [-0.15, -0.1) is 0 Å². The number of hydrogen-bond donors (Lipinski definition) is 1. The summed E-state index contributed by atoms with van der Waals surface area (Å²) in [7, 11) is 4.11. The van der Waals surface area contributed by atoms with E-state index in [1.807, 2.05) is 0 Å². The molecule has 1 aromatic rings. The smallest absolute Gasteiger partial charge is 0.0608 e. The highest BCUT2D eigenvalue weighted by Crippen LogP contribution is 2.12. The molecular weight excluding hydrogens is 214 g/mol. The highest BCUT2D eigenvalue weighted by atomic mass is 16.5. The molecule has 1 aliphatic heterocycles. The van der Waals surface area contributed by atoms with Crippen LogP contribution < -0.4 is 10.3 Å². The Kier molecular flexibility index (Phi) is 4.36. The Morgan fingerprint density at radius 2 is 1.82 bits per heavy atom.